The molecule has 0 radical (unpaired) electrons. The van der Waals surface area contributed by atoms with Crippen molar-refractivity contribution in [2.24, 2.45) is 11.5 Å². The summed E-state index contributed by atoms with van der Waals surface area (Å²) in [7, 11) is 4.09. The molecule has 1 aromatic carbocycles. The molecule has 0 amide bonds. The van der Waals surface area contributed by atoms with E-state index >= 15 is 0 Å². The summed E-state index contributed by atoms with van der Waals surface area (Å²) in [6.07, 6.45) is 1.83. The van der Waals surface area contributed by atoms with Crippen LogP contribution in [0.4, 0.5) is 0 Å². The summed E-state index contributed by atoms with van der Waals surface area (Å²) >= 11 is 0. The number of benzene rings is 1. The van der Waals surface area contributed by atoms with Gasteiger partial charge in [0.2, 0.25) is 0 Å². The number of para-hydroxylation sites is 1. The number of hydrogen-bond donors (Lipinski definition) is 4. The van der Waals surface area contributed by atoms with Crippen LogP contribution in [-0.2, 0) is 0 Å². The van der Waals surface area contributed by atoms with E-state index in [1.54, 1.807) is 18.2 Å². The lowest BCUT2D eigenvalue weighted by Gasteiger charge is -2.33. The molecule has 0 atom stereocenters. The zero-order chi connectivity index (χ0) is 18.1. The van der Waals surface area contributed by atoms with Gasteiger partial charge in [-0.3, -0.25) is 0 Å². The zero-order valence-corrected chi connectivity index (χ0v) is 15.2. The summed E-state index contributed by atoms with van der Waals surface area (Å²) in [5.74, 6) is 0.780. The number of nitrogens with two attached hydrogens (primary N) is 2. The minimum absolute atomic E-state index is 0.166. The summed E-state index contributed by atoms with van der Waals surface area (Å²) in [5.41, 5.74) is 14.2. The number of hydrogen-bond acceptors (Lipinski definition) is 6. The Morgan fingerprint density at radius 2 is 2.00 bits per heavy atom. The Bertz CT molecular complexity index is 581. The van der Waals surface area contributed by atoms with Gasteiger partial charge in [0, 0.05) is 37.4 Å². The highest BCUT2D eigenvalue weighted by Gasteiger charge is 2.17. The molecule has 6 N–H and O–H groups in total. The number of phenols is 1. The largest absolute Gasteiger partial charge is 0.507 e. The molecule has 0 fully saturated rings. The third-order valence-electron chi connectivity index (χ3n) is 3.64. The lowest BCUT2D eigenvalue weighted by molar-refractivity contribution is 0.281. The number of allylic oxidation sites excluding steroid dienone is 1. The molecule has 6 nitrogen and oxygen atoms in total. The van der Waals surface area contributed by atoms with Crippen molar-refractivity contribution in [1.29, 1.82) is 0 Å². The average Bonchev–Trinajstić information content (AvgIpc) is 2.57. The van der Waals surface area contributed by atoms with E-state index in [1.807, 2.05) is 40.1 Å². The van der Waals surface area contributed by atoms with Gasteiger partial charge in [-0.25, -0.2) is 0 Å². The van der Waals surface area contributed by atoms with Crippen LogP contribution in [0.1, 0.15) is 19.4 Å². The second-order valence-corrected chi connectivity index (χ2v) is 5.63. The first-order valence-electron chi connectivity index (χ1n) is 8.38. The maximum Gasteiger partial charge on any atom is 0.124 e. The quantitative estimate of drug-likeness (QED) is 0.650. The molecule has 0 spiro atoms. The van der Waals surface area contributed by atoms with E-state index in [4.69, 9.17) is 11.5 Å². The molecule has 0 saturated heterocycles. The van der Waals surface area contributed by atoms with Crippen molar-refractivity contribution in [2.45, 2.75) is 13.8 Å². The Morgan fingerprint density at radius 3 is 2.62 bits per heavy atom. The van der Waals surface area contributed by atoms with Crippen LogP contribution >= 0.6 is 0 Å². The Kier molecular flexibility index (Phi) is 7.98. The van der Waals surface area contributed by atoms with Gasteiger partial charge in [-0.15, -0.1) is 0 Å². The molecule has 1 aromatic rings. The van der Waals surface area contributed by atoms with Gasteiger partial charge >= 0.3 is 0 Å². The van der Waals surface area contributed by atoms with Crippen molar-refractivity contribution in [2.75, 3.05) is 40.3 Å². The molecule has 0 saturated carbocycles. The van der Waals surface area contributed by atoms with Crippen LogP contribution in [0.15, 0.2) is 41.9 Å². The molecular weight excluding hydrogens is 302 g/mol. The number of rotatable bonds is 5. The van der Waals surface area contributed by atoms with Crippen LogP contribution in [0.3, 0.4) is 0 Å². The standard InChI is InChI=1S/C16H25N5O.C2H6/c1-20(2)9-10-21-8-7-19-16(18)14(21)11-13(17)12-5-3-4-6-15(12)22;1-2/h3-6,11,19,22H,7-10,17-18H2,1-2H3;1-2H3/b13-11-;. The Morgan fingerprint density at radius 1 is 1.33 bits per heavy atom. The van der Waals surface area contributed by atoms with Gasteiger partial charge in [0.1, 0.15) is 11.6 Å². The summed E-state index contributed by atoms with van der Waals surface area (Å²) in [6, 6.07) is 7.02. The average molecular weight is 333 g/mol. The lowest BCUT2D eigenvalue weighted by Crippen LogP contribution is -2.43. The number of phenolic OH excluding ortho intramolecular Hbond substituents is 1. The van der Waals surface area contributed by atoms with Gasteiger partial charge in [0.15, 0.2) is 0 Å². The molecule has 0 bridgehead atoms. The fourth-order valence-electron chi connectivity index (χ4n) is 2.37. The molecule has 134 valence electrons. The molecule has 1 aliphatic heterocycles. The third-order valence-corrected chi connectivity index (χ3v) is 3.64. The maximum atomic E-state index is 9.91. The maximum absolute atomic E-state index is 9.91. The summed E-state index contributed by atoms with van der Waals surface area (Å²) in [6.45, 7) is 7.48. The monoisotopic (exact) mass is 333 g/mol. The van der Waals surface area contributed by atoms with Gasteiger partial charge in [-0.2, -0.15) is 0 Å². The summed E-state index contributed by atoms with van der Waals surface area (Å²) in [4.78, 5) is 4.34. The van der Waals surface area contributed by atoms with Crippen LogP contribution in [-0.4, -0.2) is 55.2 Å². The van der Waals surface area contributed by atoms with E-state index < -0.39 is 0 Å². The number of nitrogens with zero attached hydrogens (tertiary/aromatic N) is 2. The van der Waals surface area contributed by atoms with E-state index in [0.717, 1.165) is 31.9 Å². The zero-order valence-electron chi connectivity index (χ0n) is 15.2. The highest BCUT2D eigenvalue weighted by atomic mass is 16.3. The van der Waals surface area contributed by atoms with Gasteiger partial charge < -0.3 is 31.7 Å². The van der Waals surface area contributed by atoms with E-state index in [-0.39, 0.29) is 5.75 Å². The van der Waals surface area contributed by atoms with Crippen molar-refractivity contribution in [3.63, 3.8) is 0 Å². The van der Waals surface area contributed by atoms with Crippen LogP contribution in [0.2, 0.25) is 0 Å². The molecule has 1 aliphatic rings. The van der Waals surface area contributed by atoms with Crippen molar-refractivity contribution in [1.82, 2.24) is 15.1 Å². The molecule has 24 heavy (non-hydrogen) atoms. The SMILES string of the molecule is CC.CN(C)CCN1CCNC(N)=C1/C=C(\N)c1ccccc1O. The smallest absolute Gasteiger partial charge is 0.124 e. The predicted octanol–water partition coefficient (Wildman–Crippen LogP) is 1.31. The minimum Gasteiger partial charge on any atom is -0.507 e. The summed E-state index contributed by atoms with van der Waals surface area (Å²) in [5, 5.41) is 13.1. The third kappa shape index (κ3) is 5.38. The van der Waals surface area contributed by atoms with Crippen LogP contribution in [0, 0.1) is 0 Å². The number of likely N-dealkylation sites (N-methyl/N-ethyl adjacent to an activating group) is 1. The normalized spacial score (nSPS) is 15.0. The predicted molar refractivity (Wildman–Crippen MR) is 101 cm³/mol. The van der Waals surface area contributed by atoms with E-state index in [0.29, 0.717) is 17.1 Å². The molecule has 1 heterocycles. The topological polar surface area (TPSA) is 90.8 Å². The highest BCUT2D eigenvalue weighted by molar-refractivity contribution is 5.70. The first kappa shape index (κ1) is 19.7. The molecular formula is C18H31N5O. The van der Waals surface area contributed by atoms with E-state index in [1.165, 1.54) is 0 Å². The molecule has 6 heteroatoms. The number of nitrogens with one attached hydrogen (secondary N) is 1. The van der Waals surface area contributed by atoms with Crippen molar-refractivity contribution in [3.05, 3.63) is 47.4 Å². The molecule has 2 rings (SSSR count). The molecule has 0 unspecified atom stereocenters. The van der Waals surface area contributed by atoms with Gasteiger partial charge in [-0.05, 0) is 32.3 Å². The van der Waals surface area contributed by atoms with Gasteiger partial charge in [0.25, 0.3) is 0 Å². The van der Waals surface area contributed by atoms with Crippen molar-refractivity contribution in [3.8, 4) is 5.75 Å². The Hall–Kier alpha value is -2.34. The van der Waals surface area contributed by atoms with Crippen LogP contribution < -0.4 is 16.8 Å². The summed E-state index contributed by atoms with van der Waals surface area (Å²) < 4.78 is 0. The second-order valence-electron chi connectivity index (χ2n) is 5.63. The van der Waals surface area contributed by atoms with Crippen LogP contribution in [0.25, 0.3) is 5.70 Å². The molecule has 0 aliphatic carbocycles. The van der Waals surface area contributed by atoms with Crippen molar-refractivity contribution >= 4 is 5.70 Å². The van der Waals surface area contributed by atoms with E-state index in [2.05, 4.69) is 15.1 Å². The number of aromatic hydroxyl groups is 1. The fraction of sp³-hybridized carbons (Fsp3) is 0.444. The van der Waals surface area contributed by atoms with E-state index in [9.17, 15) is 5.11 Å². The Balaban J connectivity index is 0.00000139. The first-order chi connectivity index (χ1) is 11.5. The highest BCUT2D eigenvalue weighted by Crippen LogP contribution is 2.23. The minimum atomic E-state index is 0.166. The fourth-order valence-corrected chi connectivity index (χ4v) is 2.37. The van der Waals surface area contributed by atoms with Crippen molar-refractivity contribution < 1.29 is 5.11 Å². The first-order valence-corrected chi connectivity index (χ1v) is 8.38. The van der Waals surface area contributed by atoms with Gasteiger partial charge in [0.05, 0.1) is 5.70 Å². The molecule has 0 aromatic heterocycles. The van der Waals surface area contributed by atoms with Crippen LogP contribution in [0.5, 0.6) is 5.75 Å². The Labute approximate surface area is 145 Å². The van der Waals surface area contributed by atoms with Gasteiger partial charge in [-0.1, -0.05) is 26.0 Å². The second kappa shape index (κ2) is 9.72. The lowest BCUT2D eigenvalue weighted by atomic mass is 10.1.